The van der Waals surface area contributed by atoms with Crippen molar-refractivity contribution >= 4 is 25.5 Å². The average molecular weight is 289 g/mol. The van der Waals surface area contributed by atoms with Crippen LogP contribution < -0.4 is 0 Å². The second-order valence-corrected chi connectivity index (χ2v) is 7.04. The third kappa shape index (κ3) is 2.62. The van der Waals surface area contributed by atoms with Crippen LogP contribution in [0.4, 0.5) is 0 Å². The molecule has 0 spiro atoms. The molecule has 98 valence electrons. The van der Waals surface area contributed by atoms with E-state index in [2.05, 4.69) is 15.1 Å². The molecule has 0 aliphatic rings. The van der Waals surface area contributed by atoms with Crippen LogP contribution in [-0.2, 0) is 15.5 Å². The first kappa shape index (κ1) is 13.2. The highest BCUT2D eigenvalue weighted by Gasteiger charge is 2.13. The van der Waals surface area contributed by atoms with Crippen LogP contribution in [0, 0.1) is 20.8 Å². The van der Waals surface area contributed by atoms with E-state index < -0.39 is 9.05 Å². The largest absolute Gasteiger partial charge is 0.252 e. The molecule has 0 N–H and O–H groups in total. The average Bonchev–Trinajstić information content (AvgIpc) is 2.66. The maximum Gasteiger partial charge on any atom is 0.252 e. The molecule has 0 saturated carbocycles. The molecule has 0 aliphatic carbocycles. The predicted molar refractivity (Wildman–Crippen MR) is 68.3 cm³/mol. The molecule has 0 radical (unpaired) electrons. The van der Waals surface area contributed by atoms with Gasteiger partial charge >= 0.3 is 0 Å². The second-order valence-electron chi connectivity index (χ2n) is 4.14. The Morgan fingerprint density at radius 2 is 1.89 bits per heavy atom. The number of hydrogen-bond acceptors (Lipinski definition) is 5. The Labute approximate surface area is 109 Å². The van der Waals surface area contributed by atoms with Crippen molar-refractivity contribution in [2.24, 2.45) is 0 Å². The van der Waals surface area contributed by atoms with Gasteiger partial charge in [0.25, 0.3) is 5.78 Å². The van der Waals surface area contributed by atoms with Crippen molar-refractivity contribution in [3.8, 4) is 0 Å². The molecule has 0 fully saturated rings. The van der Waals surface area contributed by atoms with Crippen LogP contribution in [0.3, 0.4) is 0 Å². The van der Waals surface area contributed by atoms with Crippen molar-refractivity contribution < 1.29 is 8.42 Å². The van der Waals surface area contributed by atoms with Gasteiger partial charge in [-0.1, -0.05) is 0 Å². The summed E-state index contributed by atoms with van der Waals surface area (Å²) >= 11 is 0. The third-order valence-corrected chi connectivity index (χ3v) is 4.03. The van der Waals surface area contributed by atoms with Gasteiger partial charge in [0.2, 0.25) is 9.05 Å². The standard InChI is InChI=1S/C10H13ClN4O2S/c1-6-7(2)12-10-13-9(4-5-18(11,16)17)14-15(10)8(6)3/h4-5H2,1-3H3. The molecule has 0 atom stereocenters. The molecule has 0 amide bonds. The lowest BCUT2D eigenvalue weighted by atomic mass is 10.2. The van der Waals surface area contributed by atoms with Crippen LogP contribution in [0.2, 0.25) is 0 Å². The first-order valence-corrected chi connectivity index (χ1v) is 7.87. The first-order chi connectivity index (χ1) is 8.28. The van der Waals surface area contributed by atoms with E-state index >= 15 is 0 Å². The fourth-order valence-electron chi connectivity index (χ4n) is 1.62. The van der Waals surface area contributed by atoms with Crippen molar-refractivity contribution in [2.45, 2.75) is 27.2 Å². The van der Waals surface area contributed by atoms with Gasteiger partial charge in [0.05, 0.1) is 5.75 Å². The van der Waals surface area contributed by atoms with Gasteiger partial charge in [-0.3, -0.25) is 0 Å². The molecule has 0 unspecified atom stereocenters. The molecule has 0 saturated heterocycles. The van der Waals surface area contributed by atoms with Crippen LogP contribution in [0.15, 0.2) is 0 Å². The molecular formula is C10H13ClN4O2S. The number of rotatable bonds is 3. The van der Waals surface area contributed by atoms with Gasteiger partial charge in [0, 0.05) is 28.5 Å². The Bertz CT molecular complexity index is 708. The summed E-state index contributed by atoms with van der Waals surface area (Å²) in [5.41, 5.74) is 2.89. The maximum atomic E-state index is 10.9. The van der Waals surface area contributed by atoms with Crippen molar-refractivity contribution in [3.05, 3.63) is 22.8 Å². The maximum absolute atomic E-state index is 10.9. The summed E-state index contributed by atoms with van der Waals surface area (Å²) < 4.78 is 23.4. The summed E-state index contributed by atoms with van der Waals surface area (Å²) in [6, 6.07) is 0. The molecule has 0 aromatic carbocycles. The van der Waals surface area contributed by atoms with Gasteiger partial charge in [-0.05, 0) is 26.3 Å². The van der Waals surface area contributed by atoms with Crippen LogP contribution in [0.5, 0.6) is 0 Å². The minimum Gasteiger partial charge on any atom is -0.216 e. The summed E-state index contributed by atoms with van der Waals surface area (Å²) in [6.45, 7) is 5.79. The van der Waals surface area contributed by atoms with E-state index in [4.69, 9.17) is 10.7 Å². The summed E-state index contributed by atoms with van der Waals surface area (Å²) in [6.07, 6.45) is 0.187. The topological polar surface area (TPSA) is 77.2 Å². The van der Waals surface area contributed by atoms with Gasteiger partial charge in [-0.15, -0.1) is 5.10 Å². The molecule has 18 heavy (non-hydrogen) atoms. The summed E-state index contributed by atoms with van der Waals surface area (Å²) in [5, 5.41) is 4.24. The molecule has 8 heteroatoms. The molecule has 6 nitrogen and oxygen atoms in total. The first-order valence-electron chi connectivity index (χ1n) is 5.40. The van der Waals surface area contributed by atoms with Gasteiger partial charge in [-0.25, -0.2) is 17.9 Å². The number of aryl methyl sites for hydroxylation is 3. The zero-order chi connectivity index (χ0) is 13.5. The predicted octanol–water partition coefficient (Wildman–Crippen LogP) is 1.16. The van der Waals surface area contributed by atoms with Gasteiger partial charge < -0.3 is 0 Å². The second kappa shape index (κ2) is 4.47. The number of aromatic nitrogens is 4. The van der Waals surface area contributed by atoms with Gasteiger partial charge in [0.15, 0.2) is 5.82 Å². The zero-order valence-electron chi connectivity index (χ0n) is 10.3. The monoisotopic (exact) mass is 288 g/mol. The fraction of sp³-hybridized carbons (Fsp3) is 0.500. The number of nitrogens with zero attached hydrogens (tertiary/aromatic N) is 4. The van der Waals surface area contributed by atoms with E-state index in [1.807, 2.05) is 20.8 Å². The van der Waals surface area contributed by atoms with E-state index in [0.29, 0.717) is 11.6 Å². The number of halogens is 1. The van der Waals surface area contributed by atoms with E-state index in [1.54, 1.807) is 4.52 Å². The molecule has 2 heterocycles. The van der Waals surface area contributed by atoms with Gasteiger partial charge in [0.1, 0.15) is 0 Å². The lowest BCUT2D eigenvalue weighted by Crippen LogP contribution is -2.04. The van der Waals surface area contributed by atoms with Gasteiger partial charge in [-0.2, -0.15) is 4.98 Å². The summed E-state index contributed by atoms with van der Waals surface area (Å²) in [5.74, 6) is 0.736. The normalized spacial score (nSPS) is 12.2. The van der Waals surface area contributed by atoms with Crippen LogP contribution in [-0.4, -0.2) is 33.8 Å². The highest BCUT2D eigenvalue weighted by atomic mass is 35.7. The highest BCUT2D eigenvalue weighted by Crippen LogP contribution is 2.12. The SMILES string of the molecule is Cc1nc2nc(CCS(=O)(=O)Cl)nn2c(C)c1C. The van der Waals surface area contributed by atoms with E-state index in [1.165, 1.54) is 0 Å². The number of hydrogen-bond donors (Lipinski definition) is 0. The van der Waals surface area contributed by atoms with Crippen molar-refractivity contribution in [1.82, 2.24) is 19.6 Å². The lowest BCUT2D eigenvalue weighted by Gasteiger charge is -2.04. The zero-order valence-corrected chi connectivity index (χ0v) is 11.9. The highest BCUT2D eigenvalue weighted by molar-refractivity contribution is 8.13. The van der Waals surface area contributed by atoms with Crippen LogP contribution in [0.1, 0.15) is 22.8 Å². The number of fused-ring (bicyclic) bond motifs is 1. The summed E-state index contributed by atoms with van der Waals surface area (Å²) in [4.78, 5) is 8.50. The Kier molecular flexibility index (Phi) is 3.29. The molecular weight excluding hydrogens is 276 g/mol. The molecule has 2 rings (SSSR count). The molecule has 2 aromatic heterocycles. The Morgan fingerprint density at radius 1 is 1.22 bits per heavy atom. The summed E-state index contributed by atoms with van der Waals surface area (Å²) in [7, 11) is 1.63. The molecule has 2 aromatic rings. The van der Waals surface area contributed by atoms with E-state index in [-0.39, 0.29) is 12.2 Å². The van der Waals surface area contributed by atoms with Crippen molar-refractivity contribution in [2.75, 3.05) is 5.75 Å². The van der Waals surface area contributed by atoms with E-state index in [0.717, 1.165) is 17.0 Å². The minimum absolute atomic E-state index is 0.178. The van der Waals surface area contributed by atoms with E-state index in [9.17, 15) is 8.42 Å². The lowest BCUT2D eigenvalue weighted by molar-refractivity contribution is 0.608. The Balaban J connectivity index is 2.42. The van der Waals surface area contributed by atoms with Crippen LogP contribution >= 0.6 is 10.7 Å². The van der Waals surface area contributed by atoms with Crippen molar-refractivity contribution in [1.29, 1.82) is 0 Å². The smallest absolute Gasteiger partial charge is 0.216 e. The fourth-order valence-corrected chi connectivity index (χ4v) is 2.27. The third-order valence-electron chi connectivity index (χ3n) is 2.87. The Hall–Kier alpha value is -1.21. The Morgan fingerprint density at radius 3 is 2.50 bits per heavy atom. The molecule has 0 aliphatic heterocycles. The quantitative estimate of drug-likeness (QED) is 0.792. The van der Waals surface area contributed by atoms with Crippen molar-refractivity contribution in [3.63, 3.8) is 0 Å². The van der Waals surface area contributed by atoms with Crippen LogP contribution in [0.25, 0.3) is 5.78 Å². The minimum atomic E-state index is -3.52. The molecule has 0 bridgehead atoms.